The Bertz CT molecular complexity index is 818. The van der Waals surface area contributed by atoms with Gasteiger partial charge in [0.2, 0.25) is 11.8 Å². The zero-order valence-corrected chi connectivity index (χ0v) is 13.2. The van der Waals surface area contributed by atoms with Crippen LogP contribution >= 0.6 is 0 Å². The first-order chi connectivity index (χ1) is 12.2. The third-order valence-electron chi connectivity index (χ3n) is 3.07. The number of carbonyl (C=O) groups is 2. The number of benzene rings is 2. The number of amides is 2. The predicted molar refractivity (Wildman–Crippen MR) is 86.8 cm³/mol. The quantitative estimate of drug-likeness (QED) is 0.368. The first-order valence-corrected chi connectivity index (χ1v) is 7.28. The number of alkyl halides is 3. The average Bonchev–Trinajstić information content (AvgIpc) is 2.56. The normalized spacial score (nSPS) is 11.4. The number of halogens is 4. The van der Waals surface area contributed by atoms with Gasteiger partial charge in [-0.1, -0.05) is 18.2 Å². The van der Waals surface area contributed by atoms with Crippen molar-refractivity contribution >= 4 is 23.7 Å². The summed E-state index contributed by atoms with van der Waals surface area (Å²) in [6.45, 7) is 0. The molecule has 0 bridgehead atoms. The highest BCUT2D eigenvalue weighted by atomic mass is 19.4. The molecule has 9 heteroatoms. The Morgan fingerprint density at radius 3 is 2.38 bits per heavy atom. The predicted octanol–water partition coefficient (Wildman–Crippen LogP) is 3.32. The van der Waals surface area contributed by atoms with Crippen LogP contribution in [0.25, 0.3) is 0 Å². The lowest BCUT2D eigenvalue weighted by Crippen LogP contribution is -2.24. The van der Waals surface area contributed by atoms with Crippen LogP contribution in [-0.4, -0.2) is 18.0 Å². The SMILES string of the molecule is O=C(CC(=O)Nc1cccc(C(F)(F)F)c1)NN=Cc1ccc(F)cc1. The zero-order chi connectivity index (χ0) is 19.2. The summed E-state index contributed by atoms with van der Waals surface area (Å²) in [6.07, 6.45) is -3.91. The summed E-state index contributed by atoms with van der Waals surface area (Å²) >= 11 is 0. The minimum absolute atomic E-state index is 0.0764. The van der Waals surface area contributed by atoms with Crippen molar-refractivity contribution in [1.82, 2.24) is 5.43 Å². The van der Waals surface area contributed by atoms with Crippen LogP contribution in [0.5, 0.6) is 0 Å². The number of hydrogen-bond acceptors (Lipinski definition) is 3. The summed E-state index contributed by atoms with van der Waals surface area (Å²) in [5, 5.41) is 5.81. The summed E-state index contributed by atoms with van der Waals surface area (Å²) in [5.74, 6) is -1.97. The van der Waals surface area contributed by atoms with Crippen LogP contribution in [0.3, 0.4) is 0 Å². The van der Waals surface area contributed by atoms with E-state index in [9.17, 15) is 27.2 Å². The van der Waals surface area contributed by atoms with E-state index < -0.39 is 35.8 Å². The summed E-state index contributed by atoms with van der Waals surface area (Å²) < 4.78 is 50.5. The molecule has 2 N–H and O–H groups in total. The molecule has 0 fully saturated rings. The molecule has 2 amide bonds. The van der Waals surface area contributed by atoms with Crippen molar-refractivity contribution in [1.29, 1.82) is 0 Å². The largest absolute Gasteiger partial charge is 0.416 e. The topological polar surface area (TPSA) is 70.6 Å². The van der Waals surface area contributed by atoms with Gasteiger partial charge in [-0.05, 0) is 35.9 Å². The lowest BCUT2D eigenvalue weighted by Gasteiger charge is -2.09. The van der Waals surface area contributed by atoms with E-state index in [4.69, 9.17) is 0 Å². The molecule has 0 saturated carbocycles. The smallest absolute Gasteiger partial charge is 0.326 e. The molecule has 2 rings (SSSR count). The van der Waals surface area contributed by atoms with Crippen LogP contribution in [0.15, 0.2) is 53.6 Å². The van der Waals surface area contributed by atoms with Gasteiger partial charge in [-0.2, -0.15) is 18.3 Å². The molecule has 0 aromatic heterocycles. The van der Waals surface area contributed by atoms with E-state index in [1.807, 2.05) is 0 Å². The van der Waals surface area contributed by atoms with Crippen molar-refractivity contribution in [2.45, 2.75) is 12.6 Å². The number of carbonyl (C=O) groups excluding carboxylic acids is 2. The van der Waals surface area contributed by atoms with E-state index in [0.29, 0.717) is 5.56 Å². The Labute approximate surface area is 145 Å². The number of hydrazone groups is 1. The molecule has 0 aliphatic heterocycles. The first-order valence-electron chi connectivity index (χ1n) is 7.28. The third-order valence-corrected chi connectivity index (χ3v) is 3.07. The number of nitrogens with one attached hydrogen (secondary N) is 2. The second kappa shape index (κ2) is 8.24. The maximum atomic E-state index is 12.7. The zero-order valence-electron chi connectivity index (χ0n) is 13.2. The number of hydrogen-bond donors (Lipinski definition) is 2. The maximum absolute atomic E-state index is 12.7. The van der Waals surface area contributed by atoms with E-state index in [0.717, 1.165) is 18.2 Å². The Morgan fingerprint density at radius 1 is 1.04 bits per heavy atom. The van der Waals surface area contributed by atoms with Gasteiger partial charge < -0.3 is 5.32 Å². The fraction of sp³-hybridized carbons (Fsp3) is 0.118. The van der Waals surface area contributed by atoms with E-state index in [-0.39, 0.29) is 5.69 Å². The molecule has 5 nitrogen and oxygen atoms in total. The molecular formula is C17H13F4N3O2. The van der Waals surface area contributed by atoms with Crippen molar-refractivity contribution in [3.63, 3.8) is 0 Å². The van der Waals surface area contributed by atoms with Gasteiger partial charge in [0.25, 0.3) is 0 Å². The lowest BCUT2D eigenvalue weighted by atomic mass is 10.2. The van der Waals surface area contributed by atoms with Gasteiger partial charge in [0.05, 0.1) is 11.8 Å². The summed E-state index contributed by atoms with van der Waals surface area (Å²) in [7, 11) is 0. The molecule has 136 valence electrons. The van der Waals surface area contributed by atoms with Gasteiger partial charge in [-0.15, -0.1) is 0 Å². The highest BCUT2D eigenvalue weighted by Gasteiger charge is 2.30. The molecule has 0 heterocycles. The molecule has 0 saturated heterocycles. The fourth-order valence-corrected chi connectivity index (χ4v) is 1.89. The lowest BCUT2D eigenvalue weighted by molar-refractivity contribution is -0.137. The third kappa shape index (κ3) is 6.00. The van der Waals surface area contributed by atoms with Gasteiger partial charge in [0.15, 0.2) is 0 Å². The van der Waals surface area contributed by atoms with Crippen molar-refractivity contribution < 1.29 is 27.2 Å². The molecule has 26 heavy (non-hydrogen) atoms. The molecule has 0 atom stereocenters. The van der Waals surface area contributed by atoms with Gasteiger partial charge in [0, 0.05) is 5.69 Å². The van der Waals surface area contributed by atoms with E-state index >= 15 is 0 Å². The Kier molecular flexibility index (Phi) is 6.05. The van der Waals surface area contributed by atoms with Crippen LogP contribution in [0.4, 0.5) is 23.2 Å². The average molecular weight is 367 g/mol. The molecule has 0 aliphatic rings. The second-order valence-corrected chi connectivity index (χ2v) is 5.15. The summed E-state index contributed by atoms with van der Waals surface area (Å²) in [5.41, 5.74) is 1.63. The minimum Gasteiger partial charge on any atom is -0.326 e. The fourth-order valence-electron chi connectivity index (χ4n) is 1.89. The minimum atomic E-state index is -4.53. The maximum Gasteiger partial charge on any atom is 0.416 e. The Morgan fingerprint density at radius 2 is 1.73 bits per heavy atom. The van der Waals surface area contributed by atoms with Crippen molar-refractivity contribution in [2.24, 2.45) is 5.10 Å². The molecule has 2 aromatic carbocycles. The van der Waals surface area contributed by atoms with Crippen LogP contribution in [0.2, 0.25) is 0 Å². The molecule has 0 spiro atoms. The van der Waals surface area contributed by atoms with Gasteiger partial charge in [-0.25, -0.2) is 9.82 Å². The molecular weight excluding hydrogens is 354 g/mol. The van der Waals surface area contributed by atoms with Crippen LogP contribution in [0, 0.1) is 5.82 Å². The van der Waals surface area contributed by atoms with Crippen LogP contribution in [0.1, 0.15) is 17.5 Å². The van der Waals surface area contributed by atoms with Gasteiger partial charge in [0.1, 0.15) is 12.2 Å². The summed E-state index contributed by atoms with van der Waals surface area (Å²) in [4.78, 5) is 23.3. The molecule has 0 unspecified atom stereocenters. The Hall–Kier alpha value is -3.23. The number of nitrogens with zero attached hydrogens (tertiary/aromatic N) is 1. The van der Waals surface area contributed by atoms with E-state index in [1.165, 1.54) is 36.5 Å². The first kappa shape index (κ1) is 19.1. The van der Waals surface area contributed by atoms with Crippen LogP contribution < -0.4 is 10.7 Å². The van der Waals surface area contributed by atoms with Crippen LogP contribution in [-0.2, 0) is 15.8 Å². The molecule has 0 aliphatic carbocycles. The Balaban J connectivity index is 1.85. The van der Waals surface area contributed by atoms with Gasteiger partial charge in [-0.3, -0.25) is 9.59 Å². The monoisotopic (exact) mass is 367 g/mol. The van der Waals surface area contributed by atoms with Crippen molar-refractivity contribution in [3.05, 3.63) is 65.5 Å². The standard InChI is InChI=1S/C17H13F4N3O2/c18-13-6-4-11(5-7-13)10-22-24-16(26)9-15(25)23-14-3-1-2-12(8-14)17(19,20)21/h1-8,10H,9H2,(H,23,25)(H,24,26). The molecule has 2 aromatic rings. The van der Waals surface area contributed by atoms with Gasteiger partial charge >= 0.3 is 6.18 Å². The summed E-state index contributed by atoms with van der Waals surface area (Å²) in [6, 6.07) is 9.35. The number of rotatable bonds is 5. The van der Waals surface area contributed by atoms with E-state index in [2.05, 4.69) is 15.8 Å². The highest BCUT2D eigenvalue weighted by molar-refractivity contribution is 6.03. The van der Waals surface area contributed by atoms with Crippen molar-refractivity contribution in [2.75, 3.05) is 5.32 Å². The number of anilines is 1. The second-order valence-electron chi connectivity index (χ2n) is 5.15. The molecule has 0 radical (unpaired) electrons. The van der Waals surface area contributed by atoms with Crippen molar-refractivity contribution in [3.8, 4) is 0 Å². The van der Waals surface area contributed by atoms with E-state index in [1.54, 1.807) is 0 Å². The highest BCUT2D eigenvalue weighted by Crippen LogP contribution is 2.30.